The van der Waals surface area contributed by atoms with Crippen LogP contribution in [0.5, 0.6) is 11.5 Å². The molecule has 1 atom stereocenters. The lowest BCUT2D eigenvalue weighted by Crippen LogP contribution is -2.30. The van der Waals surface area contributed by atoms with Crippen molar-refractivity contribution in [1.82, 2.24) is 4.90 Å². The number of cyclic esters (lactones) is 1. The van der Waals surface area contributed by atoms with Gasteiger partial charge in [0.25, 0.3) is 5.91 Å². The Hall–Kier alpha value is -4.06. The molecule has 2 heterocycles. The molecule has 6 heteroatoms. The number of carbonyl (C=O) groups is 2. The molecular weight excluding hydrogens is 404 g/mol. The number of ether oxygens (including phenoxy) is 2. The van der Waals surface area contributed by atoms with Crippen molar-refractivity contribution < 1.29 is 19.1 Å². The molecule has 6 nitrogen and oxygen atoms in total. The van der Waals surface area contributed by atoms with E-state index in [0.29, 0.717) is 17.9 Å². The van der Waals surface area contributed by atoms with Crippen molar-refractivity contribution in [1.29, 1.82) is 0 Å². The van der Waals surface area contributed by atoms with E-state index in [9.17, 15) is 9.59 Å². The van der Waals surface area contributed by atoms with Gasteiger partial charge in [0.2, 0.25) is 0 Å². The largest absolute Gasteiger partial charge is 0.457 e. The van der Waals surface area contributed by atoms with E-state index in [1.54, 1.807) is 11.9 Å². The second-order valence-electron chi connectivity index (χ2n) is 7.92. The van der Waals surface area contributed by atoms with E-state index < -0.39 is 0 Å². The van der Waals surface area contributed by atoms with Gasteiger partial charge in [0.05, 0.1) is 6.04 Å². The minimum atomic E-state index is -0.271. The Bertz CT molecular complexity index is 1200. The van der Waals surface area contributed by atoms with Crippen molar-refractivity contribution in [3.8, 4) is 11.5 Å². The standard InChI is InChI=1S/C26H22N2O4/c1-28-19(16-31-26(28)30)14-17-6-10-20(11-7-17)32-21-12-8-18(9-13-21)15-23-22-4-2-3-5-24(22)27-25(23)29/h2-13,15,19H,14,16H2,1H3,(H,27,29)/b23-15-. The second-order valence-corrected chi connectivity index (χ2v) is 7.92. The van der Waals surface area contributed by atoms with Crippen LogP contribution in [0.15, 0.2) is 72.8 Å². The van der Waals surface area contributed by atoms with Crippen molar-refractivity contribution in [2.75, 3.05) is 19.0 Å². The highest BCUT2D eigenvalue weighted by Crippen LogP contribution is 2.33. The maximum absolute atomic E-state index is 12.3. The van der Waals surface area contributed by atoms with Crippen LogP contribution in [0.1, 0.15) is 16.7 Å². The van der Waals surface area contributed by atoms with E-state index in [2.05, 4.69) is 5.32 Å². The Morgan fingerprint density at radius 1 is 1.00 bits per heavy atom. The zero-order valence-corrected chi connectivity index (χ0v) is 17.6. The van der Waals surface area contributed by atoms with Crippen molar-refractivity contribution in [2.45, 2.75) is 12.5 Å². The van der Waals surface area contributed by atoms with Crippen molar-refractivity contribution >= 4 is 29.3 Å². The van der Waals surface area contributed by atoms with Crippen LogP contribution in [0.25, 0.3) is 11.6 Å². The highest BCUT2D eigenvalue weighted by atomic mass is 16.6. The SMILES string of the molecule is CN1C(=O)OCC1Cc1ccc(Oc2ccc(/C=C3\C(=O)Nc4ccccc43)cc2)cc1. The third kappa shape index (κ3) is 3.95. The first kappa shape index (κ1) is 19.9. The van der Waals surface area contributed by atoms with Gasteiger partial charge in [0, 0.05) is 23.9 Å². The van der Waals surface area contributed by atoms with Gasteiger partial charge in [-0.25, -0.2) is 4.79 Å². The lowest BCUT2D eigenvalue weighted by Gasteiger charge is -2.16. The molecule has 3 aromatic rings. The number of para-hydroxylation sites is 1. The number of rotatable bonds is 5. The van der Waals surface area contributed by atoms with Crippen LogP contribution in [-0.4, -0.2) is 36.6 Å². The Labute approximate surface area is 186 Å². The summed E-state index contributed by atoms with van der Waals surface area (Å²) in [6.45, 7) is 0.420. The zero-order valence-electron chi connectivity index (χ0n) is 17.6. The molecule has 32 heavy (non-hydrogen) atoms. The fraction of sp³-hybridized carbons (Fsp3) is 0.154. The summed E-state index contributed by atoms with van der Waals surface area (Å²) in [5.41, 5.74) is 4.45. The van der Waals surface area contributed by atoms with Crippen LogP contribution in [0.3, 0.4) is 0 Å². The maximum atomic E-state index is 12.3. The van der Waals surface area contributed by atoms with Gasteiger partial charge < -0.3 is 19.7 Å². The van der Waals surface area contributed by atoms with E-state index in [4.69, 9.17) is 9.47 Å². The molecule has 1 fully saturated rings. The molecule has 0 aliphatic carbocycles. The molecule has 0 radical (unpaired) electrons. The highest BCUT2D eigenvalue weighted by Gasteiger charge is 2.29. The smallest absolute Gasteiger partial charge is 0.409 e. The molecule has 0 spiro atoms. The lowest BCUT2D eigenvalue weighted by atomic mass is 10.0. The summed E-state index contributed by atoms with van der Waals surface area (Å²) in [7, 11) is 1.76. The molecule has 0 aromatic heterocycles. The molecule has 2 amide bonds. The Kier molecular flexibility index (Phi) is 5.11. The maximum Gasteiger partial charge on any atom is 0.409 e. The molecule has 2 aliphatic heterocycles. The van der Waals surface area contributed by atoms with E-state index >= 15 is 0 Å². The lowest BCUT2D eigenvalue weighted by molar-refractivity contribution is -0.110. The predicted molar refractivity (Wildman–Crippen MR) is 123 cm³/mol. The average molecular weight is 426 g/mol. The van der Waals surface area contributed by atoms with Crippen molar-refractivity contribution in [3.63, 3.8) is 0 Å². The molecule has 2 aliphatic rings. The van der Waals surface area contributed by atoms with Crippen LogP contribution in [-0.2, 0) is 16.0 Å². The summed E-state index contributed by atoms with van der Waals surface area (Å²) in [4.78, 5) is 25.4. The van der Waals surface area contributed by atoms with E-state index in [-0.39, 0.29) is 18.0 Å². The second kappa shape index (κ2) is 8.23. The minimum Gasteiger partial charge on any atom is -0.457 e. The van der Waals surface area contributed by atoms with Crippen LogP contribution < -0.4 is 10.1 Å². The number of hydrogen-bond acceptors (Lipinski definition) is 4. The van der Waals surface area contributed by atoms with Crippen molar-refractivity contribution in [2.24, 2.45) is 0 Å². The first-order valence-electron chi connectivity index (χ1n) is 10.5. The molecule has 160 valence electrons. The number of carbonyl (C=O) groups excluding carboxylic acids is 2. The summed E-state index contributed by atoms with van der Waals surface area (Å²) >= 11 is 0. The summed E-state index contributed by atoms with van der Waals surface area (Å²) in [5.74, 6) is 1.35. The topological polar surface area (TPSA) is 67.9 Å². The van der Waals surface area contributed by atoms with E-state index in [0.717, 1.165) is 34.5 Å². The van der Waals surface area contributed by atoms with Gasteiger partial charge in [-0.2, -0.15) is 0 Å². The predicted octanol–water partition coefficient (Wildman–Crippen LogP) is 4.96. The molecule has 1 saturated heterocycles. The van der Waals surface area contributed by atoms with Crippen LogP contribution in [0, 0.1) is 0 Å². The van der Waals surface area contributed by atoms with Crippen LogP contribution in [0.2, 0.25) is 0 Å². The summed E-state index contributed by atoms with van der Waals surface area (Å²) < 4.78 is 11.0. The number of nitrogens with one attached hydrogen (secondary N) is 1. The number of likely N-dealkylation sites (N-methyl/N-ethyl adjacent to an activating group) is 1. The molecule has 0 bridgehead atoms. The average Bonchev–Trinajstić information content (AvgIpc) is 3.29. The van der Waals surface area contributed by atoms with Gasteiger partial charge in [-0.3, -0.25) is 4.79 Å². The van der Waals surface area contributed by atoms with Gasteiger partial charge in [-0.1, -0.05) is 42.5 Å². The number of benzene rings is 3. The van der Waals surface area contributed by atoms with Gasteiger partial charge >= 0.3 is 6.09 Å². The highest BCUT2D eigenvalue weighted by molar-refractivity contribution is 6.34. The molecular formula is C26H22N2O4. The van der Waals surface area contributed by atoms with E-state index in [1.807, 2.05) is 78.9 Å². The summed E-state index contributed by atoms with van der Waals surface area (Å²) in [6.07, 6.45) is 2.35. The fourth-order valence-corrected chi connectivity index (χ4v) is 3.91. The minimum absolute atomic E-state index is 0.0600. The monoisotopic (exact) mass is 426 g/mol. The number of nitrogens with zero attached hydrogens (tertiary/aromatic N) is 1. The Balaban J connectivity index is 1.24. The summed E-state index contributed by atoms with van der Waals surface area (Å²) in [6, 6.07) is 23.2. The molecule has 3 aromatic carbocycles. The van der Waals surface area contributed by atoms with E-state index in [1.165, 1.54) is 0 Å². The number of fused-ring (bicyclic) bond motifs is 1. The quantitative estimate of drug-likeness (QED) is 0.585. The number of amides is 2. The number of hydrogen-bond donors (Lipinski definition) is 1. The Morgan fingerprint density at radius 3 is 2.38 bits per heavy atom. The third-order valence-corrected chi connectivity index (χ3v) is 5.77. The first-order chi connectivity index (χ1) is 15.6. The molecule has 0 saturated carbocycles. The number of anilines is 1. The van der Waals surface area contributed by atoms with Crippen molar-refractivity contribution in [3.05, 3.63) is 89.5 Å². The molecule has 5 rings (SSSR count). The van der Waals surface area contributed by atoms with Gasteiger partial charge in [0.15, 0.2) is 0 Å². The van der Waals surface area contributed by atoms with Crippen LogP contribution >= 0.6 is 0 Å². The van der Waals surface area contributed by atoms with Gasteiger partial charge in [-0.05, 0) is 54.0 Å². The molecule has 1 unspecified atom stereocenters. The van der Waals surface area contributed by atoms with Crippen LogP contribution in [0.4, 0.5) is 10.5 Å². The first-order valence-corrected chi connectivity index (χ1v) is 10.5. The fourth-order valence-electron chi connectivity index (χ4n) is 3.91. The van der Waals surface area contributed by atoms with Gasteiger partial charge in [-0.15, -0.1) is 0 Å². The van der Waals surface area contributed by atoms with Gasteiger partial charge in [0.1, 0.15) is 18.1 Å². The molecule has 1 N–H and O–H groups in total. The summed E-state index contributed by atoms with van der Waals surface area (Å²) in [5, 5.41) is 2.89. The zero-order chi connectivity index (χ0) is 22.1. The third-order valence-electron chi connectivity index (χ3n) is 5.77. The Morgan fingerprint density at radius 2 is 1.69 bits per heavy atom. The normalized spacial score (nSPS) is 18.5.